The standard InChI is InChI=1S/C54H96O6/c1-4-7-10-13-16-19-21-22-23-24-25-26-27-28-29-30-31-32-33-36-38-41-44-47-53(56)59-50-51(49-58-52(55)46-43-40-37-34-18-15-12-9-6-3)60-54(57)48-45-42-39-35-20-17-14-11-8-5-2/h11,14,21-22,24-25,27-28,51H,4-10,12-13,15-20,23,26,29-50H2,1-3H3/b14-11-,22-21-,25-24-,28-27-. The number of hydrogen-bond acceptors (Lipinski definition) is 6. The van der Waals surface area contributed by atoms with Crippen molar-refractivity contribution in [3.05, 3.63) is 48.6 Å². The lowest BCUT2D eigenvalue weighted by Crippen LogP contribution is -2.30. The van der Waals surface area contributed by atoms with E-state index in [0.29, 0.717) is 19.3 Å². The second-order valence-corrected chi connectivity index (χ2v) is 17.1. The minimum absolute atomic E-state index is 0.0775. The predicted molar refractivity (Wildman–Crippen MR) is 256 cm³/mol. The van der Waals surface area contributed by atoms with E-state index in [0.717, 1.165) is 96.3 Å². The van der Waals surface area contributed by atoms with Gasteiger partial charge in [-0.1, -0.05) is 211 Å². The normalized spacial score (nSPS) is 12.4. The molecule has 0 saturated heterocycles. The molecular weight excluding hydrogens is 745 g/mol. The molecule has 0 radical (unpaired) electrons. The molecule has 0 aromatic heterocycles. The van der Waals surface area contributed by atoms with Crippen LogP contribution in [-0.4, -0.2) is 37.2 Å². The summed E-state index contributed by atoms with van der Waals surface area (Å²) in [5.74, 6) is -0.895. The molecule has 0 amide bonds. The summed E-state index contributed by atoms with van der Waals surface area (Å²) in [4.78, 5) is 37.8. The van der Waals surface area contributed by atoms with Gasteiger partial charge in [-0.25, -0.2) is 0 Å². The topological polar surface area (TPSA) is 78.9 Å². The Hall–Kier alpha value is -2.63. The number of esters is 3. The first-order valence-electron chi connectivity index (χ1n) is 25.6. The van der Waals surface area contributed by atoms with Gasteiger partial charge in [0.15, 0.2) is 6.10 Å². The van der Waals surface area contributed by atoms with Crippen LogP contribution < -0.4 is 0 Å². The molecule has 0 rings (SSSR count). The molecule has 0 aliphatic carbocycles. The Bertz CT molecular complexity index is 1060. The van der Waals surface area contributed by atoms with E-state index in [1.165, 1.54) is 122 Å². The minimum Gasteiger partial charge on any atom is -0.462 e. The van der Waals surface area contributed by atoms with Crippen molar-refractivity contribution in [2.24, 2.45) is 0 Å². The second kappa shape index (κ2) is 49.0. The Morgan fingerprint density at radius 3 is 1.02 bits per heavy atom. The van der Waals surface area contributed by atoms with Crippen molar-refractivity contribution in [3.8, 4) is 0 Å². The monoisotopic (exact) mass is 841 g/mol. The van der Waals surface area contributed by atoms with Gasteiger partial charge >= 0.3 is 17.9 Å². The smallest absolute Gasteiger partial charge is 0.306 e. The van der Waals surface area contributed by atoms with Crippen LogP contribution in [0.4, 0.5) is 0 Å². The van der Waals surface area contributed by atoms with E-state index in [1.807, 2.05) is 0 Å². The first-order chi connectivity index (χ1) is 29.5. The molecule has 0 N–H and O–H groups in total. The molecule has 6 heteroatoms. The van der Waals surface area contributed by atoms with E-state index < -0.39 is 6.10 Å². The molecule has 0 aromatic rings. The van der Waals surface area contributed by atoms with E-state index in [9.17, 15) is 14.4 Å². The van der Waals surface area contributed by atoms with E-state index in [-0.39, 0.29) is 31.1 Å². The Morgan fingerprint density at radius 2 is 0.633 bits per heavy atom. The summed E-state index contributed by atoms with van der Waals surface area (Å²) in [6.07, 6.45) is 58.2. The summed E-state index contributed by atoms with van der Waals surface area (Å²) in [7, 11) is 0. The third-order valence-corrected chi connectivity index (χ3v) is 11.0. The van der Waals surface area contributed by atoms with Crippen molar-refractivity contribution in [3.63, 3.8) is 0 Å². The minimum atomic E-state index is -0.775. The largest absolute Gasteiger partial charge is 0.462 e. The number of carbonyl (C=O) groups excluding carboxylic acids is 3. The summed E-state index contributed by atoms with van der Waals surface area (Å²) < 4.78 is 16.7. The molecule has 0 aromatic carbocycles. The molecule has 0 spiro atoms. The molecule has 348 valence electrons. The first kappa shape index (κ1) is 57.4. The molecule has 0 heterocycles. The molecular formula is C54H96O6. The third-order valence-electron chi connectivity index (χ3n) is 11.0. The van der Waals surface area contributed by atoms with Gasteiger partial charge in [0.1, 0.15) is 13.2 Å². The van der Waals surface area contributed by atoms with E-state index in [4.69, 9.17) is 14.2 Å². The molecule has 0 aliphatic heterocycles. The van der Waals surface area contributed by atoms with Gasteiger partial charge < -0.3 is 14.2 Å². The number of hydrogen-bond donors (Lipinski definition) is 0. The Morgan fingerprint density at radius 1 is 0.333 bits per heavy atom. The van der Waals surface area contributed by atoms with Crippen LogP contribution in [0, 0.1) is 0 Å². The summed E-state index contributed by atoms with van der Waals surface area (Å²) in [6.45, 7) is 6.54. The number of rotatable bonds is 46. The van der Waals surface area contributed by atoms with Crippen LogP contribution in [0.5, 0.6) is 0 Å². The first-order valence-corrected chi connectivity index (χ1v) is 25.6. The molecule has 0 aliphatic rings. The van der Waals surface area contributed by atoms with Gasteiger partial charge in [0.2, 0.25) is 0 Å². The molecule has 0 fully saturated rings. The van der Waals surface area contributed by atoms with Gasteiger partial charge in [0.05, 0.1) is 0 Å². The fraction of sp³-hybridized carbons (Fsp3) is 0.796. The molecule has 1 unspecified atom stereocenters. The zero-order valence-corrected chi connectivity index (χ0v) is 39.7. The average molecular weight is 841 g/mol. The van der Waals surface area contributed by atoms with Gasteiger partial charge in [0.25, 0.3) is 0 Å². The third kappa shape index (κ3) is 46.4. The summed E-state index contributed by atoms with van der Waals surface area (Å²) in [5.41, 5.74) is 0. The van der Waals surface area contributed by atoms with Crippen molar-refractivity contribution < 1.29 is 28.6 Å². The number of carbonyl (C=O) groups is 3. The summed E-state index contributed by atoms with van der Waals surface area (Å²) >= 11 is 0. The maximum absolute atomic E-state index is 12.7. The Balaban J connectivity index is 4.21. The van der Waals surface area contributed by atoms with Gasteiger partial charge in [0, 0.05) is 19.3 Å². The fourth-order valence-electron chi connectivity index (χ4n) is 7.16. The van der Waals surface area contributed by atoms with Crippen LogP contribution in [0.3, 0.4) is 0 Å². The Labute approximate surface area is 371 Å². The maximum Gasteiger partial charge on any atom is 0.306 e. The van der Waals surface area contributed by atoms with Crippen molar-refractivity contribution in [1.82, 2.24) is 0 Å². The highest BCUT2D eigenvalue weighted by atomic mass is 16.6. The second-order valence-electron chi connectivity index (χ2n) is 17.1. The number of allylic oxidation sites excluding steroid dienone is 8. The lowest BCUT2D eigenvalue weighted by molar-refractivity contribution is -0.167. The predicted octanol–water partition coefficient (Wildman–Crippen LogP) is 16.7. The number of unbranched alkanes of at least 4 members (excludes halogenated alkanes) is 27. The molecule has 0 saturated carbocycles. The van der Waals surface area contributed by atoms with E-state index in [2.05, 4.69) is 69.4 Å². The van der Waals surface area contributed by atoms with Crippen LogP contribution in [0.25, 0.3) is 0 Å². The summed E-state index contributed by atoms with van der Waals surface area (Å²) in [5, 5.41) is 0. The van der Waals surface area contributed by atoms with Gasteiger partial charge in [-0.15, -0.1) is 0 Å². The van der Waals surface area contributed by atoms with Crippen LogP contribution in [0.2, 0.25) is 0 Å². The molecule has 60 heavy (non-hydrogen) atoms. The quantitative estimate of drug-likeness (QED) is 0.0263. The molecule has 1 atom stereocenters. The van der Waals surface area contributed by atoms with Crippen LogP contribution in [-0.2, 0) is 28.6 Å². The van der Waals surface area contributed by atoms with E-state index >= 15 is 0 Å². The SMILES string of the molecule is CCC/C=C\CCCCCCCC(=O)OC(COC(=O)CCCCCCCCCCC)COC(=O)CCCCCCCCCC/C=C\C/C=C\C/C=C\CCCCCCC. The fourth-order valence-corrected chi connectivity index (χ4v) is 7.16. The van der Waals surface area contributed by atoms with Crippen LogP contribution >= 0.6 is 0 Å². The lowest BCUT2D eigenvalue weighted by atomic mass is 10.1. The van der Waals surface area contributed by atoms with E-state index in [1.54, 1.807) is 0 Å². The van der Waals surface area contributed by atoms with Crippen molar-refractivity contribution >= 4 is 17.9 Å². The molecule has 6 nitrogen and oxygen atoms in total. The van der Waals surface area contributed by atoms with Crippen molar-refractivity contribution in [2.45, 2.75) is 264 Å². The van der Waals surface area contributed by atoms with Crippen molar-refractivity contribution in [1.29, 1.82) is 0 Å². The highest BCUT2D eigenvalue weighted by molar-refractivity contribution is 5.71. The van der Waals surface area contributed by atoms with Crippen LogP contribution in [0.15, 0.2) is 48.6 Å². The summed E-state index contributed by atoms with van der Waals surface area (Å²) in [6, 6.07) is 0. The van der Waals surface area contributed by atoms with Crippen LogP contribution in [0.1, 0.15) is 258 Å². The van der Waals surface area contributed by atoms with Gasteiger partial charge in [-0.2, -0.15) is 0 Å². The molecule has 0 bridgehead atoms. The highest BCUT2D eigenvalue weighted by Crippen LogP contribution is 2.14. The zero-order valence-electron chi connectivity index (χ0n) is 39.7. The highest BCUT2D eigenvalue weighted by Gasteiger charge is 2.19. The Kier molecular flexibility index (Phi) is 46.9. The average Bonchev–Trinajstić information content (AvgIpc) is 3.24. The lowest BCUT2D eigenvalue weighted by Gasteiger charge is -2.18. The maximum atomic E-state index is 12.7. The van der Waals surface area contributed by atoms with Gasteiger partial charge in [-0.05, 0) is 77.0 Å². The van der Waals surface area contributed by atoms with Gasteiger partial charge in [-0.3, -0.25) is 14.4 Å². The number of ether oxygens (including phenoxy) is 3. The zero-order chi connectivity index (χ0) is 43.7. The van der Waals surface area contributed by atoms with Crippen molar-refractivity contribution in [2.75, 3.05) is 13.2 Å².